The zero-order chi connectivity index (χ0) is 15.9. The maximum Gasteiger partial charge on any atom is 0.433 e. The first-order valence-electron chi connectivity index (χ1n) is 6.26. The Morgan fingerprint density at radius 1 is 1.05 bits per heavy atom. The molecule has 0 unspecified atom stereocenters. The fraction of sp³-hybridized carbons (Fsp3) is 0.0667. The number of aromatic carboxylic acids is 1. The molecular formula is C15H9F3N2O2. The van der Waals surface area contributed by atoms with Crippen LogP contribution in [0, 0.1) is 0 Å². The van der Waals surface area contributed by atoms with E-state index in [4.69, 9.17) is 5.11 Å². The zero-order valence-electron chi connectivity index (χ0n) is 11.0. The van der Waals surface area contributed by atoms with Gasteiger partial charge in [0.1, 0.15) is 5.69 Å². The standard InChI is InChI=1S/C15H9F3N2O2/c16-15(17,18)13-7-10(9-4-2-1-3-5-9)6-11-8-12(14(21)22)19-20(11)13/h1-8H,(H,21,22). The highest BCUT2D eigenvalue weighted by molar-refractivity contribution is 5.87. The Morgan fingerprint density at radius 3 is 2.32 bits per heavy atom. The molecule has 0 radical (unpaired) electrons. The van der Waals surface area contributed by atoms with Crippen LogP contribution in [0.5, 0.6) is 0 Å². The molecule has 1 aromatic carbocycles. The van der Waals surface area contributed by atoms with Crippen LogP contribution in [0.15, 0.2) is 48.5 Å². The van der Waals surface area contributed by atoms with Gasteiger partial charge >= 0.3 is 12.1 Å². The van der Waals surface area contributed by atoms with E-state index in [2.05, 4.69) is 5.10 Å². The minimum atomic E-state index is -4.65. The molecule has 7 heteroatoms. The summed E-state index contributed by atoms with van der Waals surface area (Å²) in [5.41, 5.74) is -0.427. The lowest BCUT2D eigenvalue weighted by molar-refractivity contribution is -0.142. The minimum Gasteiger partial charge on any atom is -0.476 e. The molecule has 2 heterocycles. The fourth-order valence-corrected chi connectivity index (χ4v) is 2.20. The molecule has 3 rings (SSSR count). The predicted molar refractivity (Wildman–Crippen MR) is 72.6 cm³/mol. The number of hydrogen-bond donors (Lipinski definition) is 1. The van der Waals surface area contributed by atoms with Crippen LogP contribution in [0.25, 0.3) is 16.6 Å². The molecule has 1 N–H and O–H groups in total. The van der Waals surface area contributed by atoms with Crippen LogP contribution in [-0.2, 0) is 6.18 Å². The Labute approximate surface area is 122 Å². The van der Waals surface area contributed by atoms with Gasteiger partial charge in [0.15, 0.2) is 5.69 Å². The molecule has 0 amide bonds. The van der Waals surface area contributed by atoms with Crippen LogP contribution in [0.1, 0.15) is 16.2 Å². The fourth-order valence-electron chi connectivity index (χ4n) is 2.20. The molecule has 0 bridgehead atoms. The van der Waals surface area contributed by atoms with E-state index in [0.29, 0.717) is 15.6 Å². The summed E-state index contributed by atoms with van der Waals surface area (Å²) in [6.45, 7) is 0. The molecule has 3 aromatic rings. The highest BCUT2D eigenvalue weighted by atomic mass is 19.4. The van der Waals surface area contributed by atoms with Crippen molar-refractivity contribution in [2.24, 2.45) is 0 Å². The van der Waals surface area contributed by atoms with E-state index < -0.39 is 23.5 Å². The molecule has 22 heavy (non-hydrogen) atoms. The number of pyridine rings is 1. The third kappa shape index (κ3) is 2.41. The van der Waals surface area contributed by atoms with Gasteiger partial charge in [0, 0.05) is 0 Å². The van der Waals surface area contributed by atoms with Gasteiger partial charge < -0.3 is 5.11 Å². The molecule has 0 aliphatic heterocycles. The van der Waals surface area contributed by atoms with Crippen molar-refractivity contribution in [1.82, 2.24) is 9.61 Å². The number of alkyl halides is 3. The molecule has 0 fully saturated rings. The van der Waals surface area contributed by atoms with Gasteiger partial charge in [0.05, 0.1) is 5.52 Å². The SMILES string of the molecule is O=C(O)c1cc2cc(-c3ccccc3)cc(C(F)(F)F)n2n1. The van der Waals surface area contributed by atoms with Crippen LogP contribution in [0.3, 0.4) is 0 Å². The number of fused-ring (bicyclic) bond motifs is 1. The largest absolute Gasteiger partial charge is 0.476 e. The van der Waals surface area contributed by atoms with Crippen LogP contribution in [0.4, 0.5) is 13.2 Å². The second kappa shape index (κ2) is 4.87. The van der Waals surface area contributed by atoms with Crippen molar-refractivity contribution in [2.45, 2.75) is 6.18 Å². The summed E-state index contributed by atoms with van der Waals surface area (Å²) in [5, 5.41) is 12.4. The Balaban J connectivity index is 2.31. The molecule has 0 saturated heterocycles. The van der Waals surface area contributed by atoms with Gasteiger partial charge in [0.2, 0.25) is 0 Å². The number of nitrogens with zero attached hydrogens (tertiary/aromatic N) is 2. The average Bonchev–Trinajstić information content (AvgIpc) is 2.90. The topological polar surface area (TPSA) is 54.6 Å². The summed E-state index contributed by atoms with van der Waals surface area (Å²) in [4.78, 5) is 10.9. The lowest BCUT2D eigenvalue weighted by atomic mass is 10.1. The Morgan fingerprint density at radius 2 is 1.73 bits per heavy atom. The highest BCUT2D eigenvalue weighted by Crippen LogP contribution is 2.33. The number of carboxylic acid groups (broad SMARTS) is 1. The van der Waals surface area contributed by atoms with E-state index in [1.54, 1.807) is 30.3 Å². The Bertz CT molecular complexity index is 854. The lowest BCUT2D eigenvalue weighted by Gasteiger charge is -2.11. The maximum absolute atomic E-state index is 13.2. The van der Waals surface area contributed by atoms with Crippen molar-refractivity contribution in [3.8, 4) is 11.1 Å². The molecule has 0 atom stereocenters. The van der Waals surface area contributed by atoms with Gasteiger partial charge in [-0.3, -0.25) is 0 Å². The number of hydrogen-bond acceptors (Lipinski definition) is 2. The molecule has 0 aliphatic rings. The quantitative estimate of drug-likeness (QED) is 0.785. The summed E-state index contributed by atoms with van der Waals surface area (Å²) in [7, 11) is 0. The molecule has 4 nitrogen and oxygen atoms in total. The maximum atomic E-state index is 13.2. The summed E-state index contributed by atoms with van der Waals surface area (Å²) < 4.78 is 40.3. The third-order valence-corrected chi connectivity index (χ3v) is 3.18. The van der Waals surface area contributed by atoms with E-state index in [1.807, 2.05) is 0 Å². The highest BCUT2D eigenvalue weighted by Gasteiger charge is 2.35. The molecular weight excluding hydrogens is 297 g/mol. The number of halogens is 3. The van der Waals surface area contributed by atoms with Crippen LogP contribution in [0.2, 0.25) is 0 Å². The first-order valence-corrected chi connectivity index (χ1v) is 6.26. The van der Waals surface area contributed by atoms with E-state index in [1.165, 1.54) is 6.07 Å². The van der Waals surface area contributed by atoms with E-state index in [-0.39, 0.29) is 5.52 Å². The summed E-state index contributed by atoms with van der Waals surface area (Å²) in [6.07, 6.45) is -4.65. The Kier molecular flexibility index (Phi) is 3.13. The van der Waals surface area contributed by atoms with Crippen molar-refractivity contribution >= 4 is 11.5 Å². The molecule has 112 valence electrons. The number of carbonyl (C=O) groups is 1. The molecule has 0 aliphatic carbocycles. The van der Waals surface area contributed by atoms with Crippen LogP contribution in [-0.4, -0.2) is 20.7 Å². The van der Waals surface area contributed by atoms with Gasteiger partial charge in [-0.15, -0.1) is 0 Å². The molecule has 2 aromatic heterocycles. The van der Waals surface area contributed by atoms with Crippen molar-refractivity contribution in [3.05, 3.63) is 59.9 Å². The van der Waals surface area contributed by atoms with Crippen molar-refractivity contribution in [3.63, 3.8) is 0 Å². The molecule has 0 spiro atoms. The monoisotopic (exact) mass is 306 g/mol. The second-order valence-electron chi connectivity index (χ2n) is 4.66. The van der Waals surface area contributed by atoms with E-state index >= 15 is 0 Å². The predicted octanol–water partition coefficient (Wildman–Crippen LogP) is 3.72. The van der Waals surface area contributed by atoms with Gasteiger partial charge in [-0.25, -0.2) is 9.31 Å². The minimum absolute atomic E-state index is 0.0751. The second-order valence-corrected chi connectivity index (χ2v) is 4.66. The molecule has 0 saturated carbocycles. The van der Waals surface area contributed by atoms with Gasteiger partial charge in [-0.1, -0.05) is 30.3 Å². The van der Waals surface area contributed by atoms with Crippen LogP contribution >= 0.6 is 0 Å². The zero-order valence-corrected chi connectivity index (χ0v) is 11.0. The number of aromatic nitrogens is 2. The van der Waals surface area contributed by atoms with Gasteiger partial charge in [-0.2, -0.15) is 18.3 Å². The Hall–Kier alpha value is -2.83. The summed E-state index contributed by atoms with van der Waals surface area (Å²) in [5.74, 6) is -1.38. The normalized spacial score (nSPS) is 11.8. The first kappa shape index (κ1) is 14.1. The first-order chi connectivity index (χ1) is 10.4. The average molecular weight is 306 g/mol. The smallest absolute Gasteiger partial charge is 0.433 e. The van der Waals surface area contributed by atoms with Gasteiger partial charge in [-0.05, 0) is 29.3 Å². The van der Waals surface area contributed by atoms with Crippen molar-refractivity contribution in [1.29, 1.82) is 0 Å². The lowest BCUT2D eigenvalue weighted by Crippen LogP contribution is -2.13. The number of carboxylic acids is 1. The van der Waals surface area contributed by atoms with Gasteiger partial charge in [0.25, 0.3) is 0 Å². The summed E-state index contributed by atoms with van der Waals surface area (Å²) >= 11 is 0. The van der Waals surface area contributed by atoms with E-state index in [9.17, 15) is 18.0 Å². The number of benzene rings is 1. The van der Waals surface area contributed by atoms with Crippen molar-refractivity contribution < 1.29 is 23.1 Å². The van der Waals surface area contributed by atoms with Crippen LogP contribution < -0.4 is 0 Å². The van der Waals surface area contributed by atoms with E-state index in [0.717, 1.165) is 12.1 Å². The number of rotatable bonds is 2. The van der Waals surface area contributed by atoms with Crippen molar-refractivity contribution in [2.75, 3.05) is 0 Å². The third-order valence-electron chi connectivity index (χ3n) is 3.18. The summed E-state index contributed by atoms with van der Waals surface area (Å²) in [6, 6.07) is 12.1.